The van der Waals surface area contributed by atoms with Crippen LogP contribution < -0.4 is 0 Å². The van der Waals surface area contributed by atoms with Crippen molar-refractivity contribution in [3.05, 3.63) is 80.9 Å². The lowest BCUT2D eigenvalue weighted by Crippen LogP contribution is -2.04. The molecule has 0 saturated heterocycles. The highest BCUT2D eigenvalue weighted by molar-refractivity contribution is 6.33. The van der Waals surface area contributed by atoms with E-state index >= 15 is 0 Å². The summed E-state index contributed by atoms with van der Waals surface area (Å²) in [5.74, 6) is -0.779. The number of carbonyl (C=O) groups is 1. The highest BCUT2D eigenvalue weighted by Gasteiger charge is 2.16. The van der Waals surface area contributed by atoms with Crippen molar-refractivity contribution in [2.75, 3.05) is 0 Å². The first kappa shape index (κ1) is 18.4. The minimum Gasteiger partial charge on any atom is -0.312 e. The molecule has 0 heterocycles. The van der Waals surface area contributed by atoms with Crippen LogP contribution in [0, 0.1) is 10.1 Å². The number of oxime groups is 1. The Hall–Kier alpha value is -2.99. The molecular weight excluding hydrogens is 344 g/mol. The quantitative estimate of drug-likeness (QED) is 0.319. The van der Waals surface area contributed by atoms with Crippen LogP contribution in [0.4, 0.5) is 5.69 Å². The maximum absolute atomic E-state index is 12.0. The van der Waals surface area contributed by atoms with Gasteiger partial charge in [-0.1, -0.05) is 60.1 Å². The minimum atomic E-state index is -0.779. The molecule has 0 fully saturated rings. The van der Waals surface area contributed by atoms with Crippen molar-refractivity contribution in [2.45, 2.75) is 13.3 Å². The summed E-state index contributed by atoms with van der Waals surface area (Å²) in [5.41, 5.74) is 1.37. The van der Waals surface area contributed by atoms with Gasteiger partial charge in [0.05, 0.1) is 21.2 Å². The normalized spacial score (nSPS) is 11.5. The van der Waals surface area contributed by atoms with E-state index in [1.54, 1.807) is 6.08 Å². The molecule has 0 aromatic heterocycles. The summed E-state index contributed by atoms with van der Waals surface area (Å²) in [4.78, 5) is 27.0. The van der Waals surface area contributed by atoms with Crippen LogP contribution in [-0.4, -0.2) is 16.6 Å². The summed E-state index contributed by atoms with van der Waals surface area (Å²) < 4.78 is 0. The van der Waals surface area contributed by atoms with Crippen molar-refractivity contribution in [1.29, 1.82) is 0 Å². The van der Waals surface area contributed by atoms with Crippen molar-refractivity contribution in [2.24, 2.45) is 5.16 Å². The molecule has 0 radical (unpaired) electrons. The largest absolute Gasteiger partial charge is 0.367 e. The molecule has 128 valence electrons. The van der Waals surface area contributed by atoms with E-state index in [1.165, 1.54) is 12.1 Å². The number of halogens is 1. The van der Waals surface area contributed by atoms with Crippen LogP contribution in [0.25, 0.3) is 6.08 Å². The van der Waals surface area contributed by atoms with Gasteiger partial charge < -0.3 is 4.84 Å². The zero-order valence-electron chi connectivity index (χ0n) is 13.4. The average Bonchev–Trinajstić information content (AvgIpc) is 2.62. The topological polar surface area (TPSA) is 81.8 Å². The predicted molar refractivity (Wildman–Crippen MR) is 96.7 cm³/mol. The number of carbonyl (C=O) groups excluding carboxylic acids is 1. The van der Waals surface area contributed by atoms with E-state index in [2.05, 4.69) is 5.16 Å². The van der Waals surface area contributed by atoms with Crippen LogP contribution in [0.15, 0.2) is 59.8 Å². The second-order valence-electron chi connectivity index (χ2n) is 4.98. The Morgan fingerprint density at radius 2 is 2.00 bits per heavy atom. The van der Waals surface area contributed by atoms with Crippen molar-refractivity contribution in [1.82, 2.24) is 0 Å². The molecule has 6 nitrogen and oxygen atoms in total. The predicted octanol–water partition coefficient (Wildman–Crippen LogP) is 4.88. The van der Waals surface area contributed by atoms with Gasteiger partial charge in [-0.3, -0.25) is 10.1 Å². The molecule has 0 aliphatic heterocycles. The molecule has 2 aromatic carbocycles. The smallest absolute Gasteiger partial charge is 0.312 e. The molecule has 2 aromatic rings. The molecule has 0 atom stereocenters. The monoisotopic (exact) mass is 358 g/mol. The summed E-state index contributed by atoms with van der Waals surface area (Å²) in [6, 6.07) is 13.1. The molecule has 7 heteroatoms. The second-order valence-corrected chi connectivity index (χ2v) is 5.39. The van der Waals surface area contributed by atoms with E-state index in [4.69, 9.17) is 16.4 Å². The number of allylic oxidation sites excluding steroid dienone is 1. The van der Waals surface area contributed by atoms with E-state index in [1.807, 2.05) is 43.3 Å². The molecule has 0 N–H and O–H groups in total. The summed E-state index contributed by atoms with van der Waals surface area (Å²) in [6.45, 7) is 1.88. The summed E-state index contributed by atoms with van der Waals surface area (Å²) in [5, 5.41) is 14.4. The molecule has 0 aliphatic carbocycles. The second kappa shape index (κ2) is 8.75. The number of nitro benzene ring substituents is 1. The first-order valence-electron chi connectivity index (χ1n) is 7.46. The van der Waals surface area contributed by atoms with Gasteiger partial charge in [-0.2, -0.15) is 0 Å². The Labute approximate surface area is 149 Å². The Kier molecular flexibility index (Phi) is 6.42. The zero-order valence-corrected chi connectivity index (χ0v) is 14.1. The van der Waals surface area contributed by atoms with Crippen LogP contribution in [0.3, 0.4) is 0 Å². The van der Waals surface area contributed by atoms with E-state index in [0.717, 1.165) is 11.6 Å². The third-order valence-electron chi connectivity index (χ3n) is 3.26. The minimum absolute atomic E-state index is 0.0125. The molecule has 0 unspecified atom stereocenters. The SMILES string of the molecule is CCC(/C=C/c1ccccc1)=N/OC(=O)c1ccc([N+](=O)[O-])cc1Cl. The lowest BCUT2D eigenvalue weighted by Gasteiger charge is -2.02. The summed E-state index contributed by atoms with van der Waals surface area (Å²) in [6.07, 6.45) is 4.17. The number of non-ortho nitro benzene ring substituents is 1. The first-order chi connectivity index (χ1) is 12.0. The van der Waals surface area contributed by atoms with E-state index in [9.17, 15) is 14.9 Å². The van der Waals surface area contributed by atoms with Gasteiger partial charge in [0.2, 0.25) is 0 Å². The van der Waals surface area contributed by atoms with Gasteiger partial charge in [-0.25, -0.2) is 4.79 Å². The highest BCUT2D eigenvalue weighted by atomic mass is 35.5. The molecule has 25 heavy (non-hydrogen) atoms. The van der Waals surface area contributed by atoms with Gasteiger partial charge in [0.1, 0.15) is 0 Å². The molecule has 0 spiro atoms. The molecule has 2 rings (SSSR count). The van der Waals surface area contributed by atoms with Crippen molar-refractivity contribution < 1.29 is 14.6 Å². The van der Waals surface area contributed by atoms with Gasteiger partial charge in [0.25, 0.3) is 5.69 Å². The number of nitrogens with zero attached hydrogens (tertiary/aromatic N) is 2. The first-order valence-corrected chi connectivity index (χ1v) is 7.84. The van der Waals surface area contributed by atoms with Crippen molar-refractivity contribution >= 4 is 35.0 Å². The van der Waals surface area contributed by atoms with Crippen LogP contribution in [-0.2, 0) is 4.84 Å². The molecular formula is C18H15ClN2O4. The zero-order chi connectivity index (χ0) is 18.2. The lowest BCUT2D eigenvalue weighted by atomic mass is 10.2. The molecule has 0 saturated carbocycles. The Morgan fingerprint density at radius 1 is 1.28 bits per heavy atom. The lowest BCUT2D eigenvalue weighted by molar-refractivity contribution is -0.384. The fourth-order valence-electron chi connectivity index (χ4n) is 1.90. The maximum atomic E-state index is 12.0. The van der Waals surface area contributed by atoms with E-state index < -0.39 is 10.9 Å². The number of benzene rings is 2. The van der Waals surface area contributed by atoms with E-state index in [0.29, 0.717) is 12.1 Å². The van der Waals surface area contributed by atoms with Crippen molar-refractivity contribution in [3.63, 3.8) is 0 Å². The van der Waals surface area contributed by atoms with E-state index in [-0.39, 0.29) is 16.3 Å². The third-order valence-corrected chi connectivity index (χ3v) is 3.57. The summed E-state index contributed by atoms with van der Waals surface area (Å²) in [7, 11) is 0. The number of hydrogen-bond donors (Lipinski definition) is 0. The number of nitro groups is 1. The standard InChI is InChI=1S/C18H15ClN2O4/c1-2-14(9-8-13-6-4-3-5-7-13)20-25-18(22)16-11-10-15(21(23)24)12-17(16)19/h3-12H,2H2,1H3/b9-8+,20-14-. The Morgan fingerprint density at radius 3 is 2.60 bits per heavy atom. The van der Waals surface area contributed by atoms with Gasteiger partial charge >= 0.3 is 5.97 Å². The number of rotatable bonds is 6. The van der Waals surface area contributed by atoms with Gasteiger partial charge in [-0.15, -0.1) is 0 Å². The van der Waals surface area contributed by atoms with Crippen molar-refractivity contribution in [3.8, 4) is 0 Å². The van der Waals surface area contributed by atoms with Crippen LogP contribution in [0.2, 0.25) is 5.02 Å². The third kappa shape index (κ3) is 5.26. The summed E-state index contributed by atoms with van der Waals surface area (Å²) >= 11 is 5.89. The van der Waals surface area contributed by atoms with Gasteiger partial charge in [-0.05, 0) is 24.1 Å². The fourth-order valence-corrected chi connectivity index (χ4v) is 2.15. The van der Waals surface area contributed by atoms with Crippen LogP contribution in [0.5, 0.6) is 0 Å². The Bertz CT molecular complexity index is 832. The van der Waals surface area contributed by atoms with Crippen LogP contribution >= 0.6 is 11.6 Å². The number of hydrogen-bond acceptors (Lipinski definition) is 5. The Balaban J connectivity index is 2.09. The molecule has 0 aliphatic rings. The van der Waals surface area contributed by atoms with Gasteiger partial charge in [0, 0.05) is 12.1 Å². The fraction of sp³-hybridized carbons (Fsp3) is 0.111. The van der Waals surface area contributed by atoms with Crippen LogP contribution in [0.1, 0.15) is 29.3 Å². The highest BCUT2D eigenvalue weighted by Crippen LogP contribution is 2.23. The molecule has 0 bridgehead atoms. The maximum Gasteiger partial charge on any atom is 0.367 e. The average molecular weight is 359 g/mol. The molecule has 0 amide bonds. The van der Waals surface area contributed by atoms with Gasteiger partial charge in [0.15, 0.2) is 0 Å².